The fourth-order valence-corrected chi connectivity index (χ4v) is 3.35. The Balaban J connectivity index is 1.69. The number of fused-ring (bicyclic) bond motifs is 1. The van der Waals surface area contributed by atoms with Gasteiger partial charge in [0.25, 0.3) is 5.91 Å². The molecule has 2 heterocycles. The van der Waals surface area contributed by atoms with Crippen LogP contribution in [0.3, 0.4) is 0 Å². The lowest BCUT2D eigenvalue weighted by molar-refractivity contribution is -0.134. The van der Waals surface area contributed by atoms with Crippen molar-refractivity contribution in [3.63, 3.8) is 0 Å². The molecule has 0 atom stereocenters. The zero-order valence-corrected chi connectivity index (χ0v) is 14.0. The summed E-state index contributed by atoms with van der Waals surface area (Å²) in [6.07, 6.45) is 1.74. The van der Waals surface area contributed by atoms with E-state index in [0.717, 1.165) is 10.6 Å². The number of hydrogen-bond donors (Lipinski definition) is 0. The number of nitrogens with zero attached hydrogens (tertiary/aromatic N) is 3. The lowest BCUT2D eigenvalue weighted by atomic mass is 10.1. The topological polar surface area (TPSA) is 53.5 Å². The second-order valence-corrected chi connectivity index (χ2v) is 6.84. The highest BCUT2D eigenvalue weighted by Gasteiger charge is 2.30. The Hall–Kier alpha value is -2.21. The van der Waals surface area contributed by atoms with E-state index in [9.17, 15) is 9.59 Å². The maximum Gasteiger partial charge on any atom is 0.254 e. The summed E-state index contributed by atoms with van der Waals surface area (Å²) in [5.41, 5.74) is 1.69. The molecule has 0 spiro atoms. The highest BCUT2D eigenvalue weighted by Crippen LogP contribution is 2.22. The minimum atomic E-state index is -0.0631. The van der Waals surface area contributed by atoms with E-state index in [1.54, 1.807) is 16.0 Å². The van der Waals surface area contributed by atoms with Crippen LogP contribution in [0.4, 0.5) is 0 Å². The van der Waals surface area contributed by atoms with Gasteiger partial charge in [0.2, 0.25) is 5.91 Å². The Kier molecular flexibility index (Phi) is 4.43. The number of benzene rings is 1. The highest BCUT2D eigenvalue weighted by atomic mass is 32.1. The predicted molar refractivity (Wildman–Crippen MR) is 89.0 cm³/mol. The lowest BCUT2D eigenvalue weighted by Gasteiger charge is -2.28. The van der Waals surface area contributed by atoms with Crippen molar-refractivity contribution >= 4 is 23.2 Å². The molecule has 1 aromatic heterocycles. The summed E-state index contributed by atoms with van der Waals surface area (Å²) < 4.78 is 0. The largest absolute Gasteiger partial charge is 0.332 e. The van der Waals surface area contributed by atoms with E-state index in [4.69, 9.17) is 0 Å². The zero-order valence-electron chi connectivity index (χ0n) is 13.2. The molecule has 0 N–H and O–H groups in total. The molecule has 3 rings (SSSR count). The van der Waals surface area contributed by atoms with Gasteiger partial charge in [-0.05, 0) is 25.5 Å². The van der Waals surface area contributed by atoms with Crippen molar-refractivity contribution in [1.82, 2.24) is 14.8 Å². The maximum absolute atomic E-state index is 12.7. The average molecular weight is 329 g/mol. The van der Waals surface area contributed by atoms with E-state index >= 15 is 0 Å². The van der Waals surface area contributed by atoms with Crippen molar-refractivity contribution in [3.8, 4) is 0 Å². The Morgan fingerprint density at radius 3 is 2.83 bits per heavy atom. The summed E-state index contributed by atoms with van der Waals surface area (Å²) in [6, 6.07) is 7.59. The minimum absolute atomic E-state index is 0.0450. The standard InChI is InChI=1S/C17H19N3O2S/c1-12(2)20(10-15-18-7-8-23-15)16(21)11-19-9-13-5-3-4-6-14(13)17(19)22/h3-8,12H,9-11H2,1-2H3. The van der Waals surface area contributed by atoms with Crippen LogP contribution in [0.25, 0.3) is 0 Å². The molecule has 0 fully saturated rings. The molecule has 2 aromatic rings. The van der Waals surface area contributed by atoms with Gasteiger partial charge in [-0.25, -0.2) is 4.98 Å². The van der Waals surface area contributed by atoms with E-state index in [-0.39, 0.29) is 24.4 Å². The molecule has 0 saturated heterocycles. The fourth-order valence-electron chi connectivity index (χ4n) is 2.73. The second-order valence-electron chi connectivity index (χ2n) is 5.86. The summed E-state index contributed by atoms with van der Waals surface area (Å²) >= 11 is 1.53. The van der Waals surface area contributed by atoms with Gasteiger partial charge < -0.3 is 9.80 Å². The van der Waals surface area contributed by atoms with Crippen molar-refractivity contribution in [2.75, 3.05) is 6.54 Å². The first-order valence-electron chi connectivity index (χ1n) is 7.61. The molecule has 0 bridgehead atoms. The summed E-state index contributed by atoms with van der Waals surface area (Å²) in [7, 11) is 0. The van der Waals surface area contributed by atoms with E-state index in [0.29, 0.717) is 18.7 Å². The predicted octanol–water partition coefficient (Wildman–Crippen LogP) is 2.54. The van der Waals surface area contributed by atoms with Crippen LogP contribution in [-0.2, 0) is 17.9 Å². The molecule has 0 saturated carbocycles. The molecule has 23 heavy (non-hydrogen) atoms. The third-order valence-corrected chi connectivity index (χ3v) is 4.72. The molecular weight excluding hydrogens is 310 g/mol. The Morgan fingerprint density at radius 2 is 2.17 bits per heavy atom. The van der Waals surface area contributed by atoms with Gasteiger partial charge in [-0.3, -0.25) is 9.59 Å². The highest BCUT2D eigenvalue weighted by molar-refractivity contribution is 7.09. The monoisotopic (exact) mass is 329 g/mol. The van der Waals surface area contributed by atoms with Gasteiger partial charge in [0.1, 0.15) is 11.6 Å². The zero-order chi connectivity index (χ0) is 16.4. The number of rotatable bonds is 5. The molecule has 6 heteroatoms. The molecule has 1 aliphatic heterocycles. The molecule has 1 aliphatic rings. The number of aromatic nitrogens is 1. The quantitative estimate of drug-likeness (QED) is 0.847. The van der Waals surface area contributed by atoms with Crippen LogP contribution in [0.15, 0.2) is 35.8 Å². The van der Waals surface area contributed by atoms with Gasteiger partial charge in [0, 0.05) is 29.7 Å². The first-order valence-corrected chi connectivity index (χ1v) is 8.49. The van der Waals surface area contributed by atoms with Crippen molar-refractivity contribution in [3.05, 3.63) is 52.0 Å². The molecule has 1 aromatic carbocycles. The van der Waals surface area contributed by atoms with Crippen LogP contribution in [0.1, 0.15) is 34.8 Å². The van der Waals surface area contributed by atoms with Crippen molar-refractivity contribution < 1.29 is 9.59 Å². The third-order valence-electron chi connectivity index (χ3n) is 3.96. The second kappa shape index (κ2) is 6.50. The van der Waals surface area contributed by atoms with Crippen molar-refractivity contribution in [1.29, 1.82) is 0 Å². The fraction of sp³-hybridized carbons (Fsp3) is 0.353. The smallest absolute Gasteiger partial charge is 0.254 e. The summed E-state index contributed by atoms with van der Waals surface area (Å²) in [5.74, 6) is -0.108. The van der Waals surface area contributed by atoms with Crippen LogP contribution < -0.4 is 0 Å². The van der Waals surface area contributed by atoms with Gasteiger partial charge in [0.15, 0.2) is 0 Å². The minimum Gasteiger partial charge on any atom is -0.332 e. The molecular formula is C17H19N3O2S. The SMILES string of the molecule is CC(C)N(Cc1nccs1)C(=O)CN1Cc2ccccc2C1=O. The lowest BCUT2D eigenvalue weighted by Crippen LogP contribution is -2.43. The first-order chi connectivity index (χ1) is 11.1. The van der Waals surface area contributed by atoms with Crippen LogP contribution in [0.5, 0.6) is 0 Å². The van der Waals surface area contributed by atoms with Gasteiger partial charge in [-0.2, -0.15) is 0 Å². The summed E-state index contributed by atoms with van der Waals surface area (Å²) in [5, 5.41) is 2.81. The normalized spacial score (nSPS) is 13.5. The van der Waals surface area contributed by atoms with Crippen molar-refractivity contribution in [2.24, 2.45) is 0 Å². The Labute approximate surface area is 139 Å². The van der Waals surface area contributed by atoms with Gasteiger partial charge >= 0.3 is 0 Å². The van der Waals surface area contributed by atoms with Crippen LogP contribution >= 0.6 is 11.3 Å². The summed E-state index contributed by atoms with van der Waals surface area (Å²) in [4.78, 5) is 32.7. The van der Waals surface area contributed by atoms with Gasteiger partial charge in [-0.1, -0.05) is 18.2 Å². The Morgan fingerprint density at radius 1 is 1.39 bits per heavy atom. The molecule has 2 amide bonds. The maximum atomic E-state index is 12.7. The van der Waals surface area contributed by atoms with Crippen LogP contribution in [0, 0.1) is 0 Å². The van der Waals surface area contributed by atoms with Crippen LogP contribution in [0.2, 0.25) is 0 Å². The first kappa shape index (κ1) is 15.7. The van der Waals surface area contributed by atoms with Crippen molar-refractivity contribution in [2.45, 2.75) is 33.0 Å². The number of carbonyl (C=O) groups is 2. The molecule has 0 aliphatic carbocycles. The van der Waals surface area contributed by atoms with Gasteiger partial charge in [0.05, 0.1) is 6.54 Å². The van der Waals surface area contributed by atoms with Crippen LogP contribution in [-0.4, -0.2) is 39.2 Å². The Bertz CT molecular complexity index is 712. The molecule has 5 nitrogen and oxygen atoms in total. The van der Waals surface area contributed by atoms with Gasteiger partial charge in [-0.15, -0.1) is 11.3 Å². The average Bonchev–Trinajstić information content (AvgIpc) is 3.14. The van der Waals surface area contributed by atoms with E-state index in [1.165, 1.54) is 11.3 Å². The molecule has 120 valence electrons. The molecule has 0 unspecified atom stereocenters. The van der Waals surface area contributed by atoms with E-state index in [1.807, 2.05) is 43.5 Å². The van der Waals surface area contributed by atoms with E-state index < -0.39 is 0 Å². The third kappa shape index (κ3) is 3.27. The number of thiazole rings is 1. The number of hydrogen-bond acceptors (Lipinski definition) is 4. The molecule has 0 radical (unpaired) electrons. The van der Waals surface area contributed by atoms with E-state index in [2.05, 4.69) is 4.98 Å². The number of carbonyl (C=O) groups excluding carboxylic acids is 2. The summed E-state index contributed by atoms with van der Waals surface area (Å²) in [6.45, 7) is 5.06. The number of amides is 2.